The Kier molecular flexibility index (Phi) is 7.10. The van der Waals surface area contributed by atoms with E-state index in [0.717, 1.165) is 41.9 Å². The molecule has 0 radical (unpaired) electrons. The molecule has 0 saturated carbocycles. The number of hydrogen-bond acceptors (Lipinski definition) is 4. The predicted octanol–water partition coefficient (Wildman–Crippen LogP) is 3.13. The minimum absolute atomic E-state index is 0.674. The van der Waals surface area contributed by atoms with Crippen molar-refractivity contribution in [3.63, 3.8) is 0 Å². The third kappa shape index (κ3) is 6.00. The standard InChI is InChI=1S/C22H27N5O2/c1-23-22(25-16-18-13-15-26-27(18)2)24-14-12-17-4-6-20(7-5-17)29-21-10-8-19(28-3)9-11-21/h4-11,13,15H,12,14,16H2,1-3H3,(H2,23,24,25). The van der Waals surface area contributed by atoms with Gasteiger partial charge in [0.25, 0.3) is 0 Å². The van der Waals surface area contributed by atoms with Crippen LogP contribution in [0.3, 0.4) is 0 Å². The monoisotopic (exact) mass is 393 g/mol. The van der Waals surface area contributed by atoms with Crippen molar-refractivity contribution in [2.75, 3.05) is 20.7 Å². The molecule has 0 bridgehead atoms. The highest BCUT2D eigenvalue weighted by molar-refractivity contribution is 5.79. The van der Waals surface area contributed by atoms with Gasteiger partial charge in [-0.1, -0.05) is 12.1 Å². The third-order valence-corrected chi connectivity index (χ3v) is 4.51. The summed E-state index contributed by atoms with van der Waals surface area (Å²) in [4.78, 5) is 4.26. The van der Waals surface area contributed by atoms with Crippen LogP contribution in [-0.2, 0) is 20.0 Å². The largest absolute Gasteiger partial charge is 0.497 e. The maximum absolute atomic E-state index is 5.86. The van der Waals surface area contributed by atoms with Crippen molar-refractivity contribution in [1.29, 1.82) is 0 Å². The molecule has 0 amide bonds. The van der Waals surface area contributed by atoms with E-state index in [-0.39, 0.29) is 0 Å². The zero-order chi connectivity index (χ0) is 20.5. The summed E-state index contributed by atoms with van der Waals surface area (Å²) in [5.74, 6) is 3.17. The van der Waals surface area contributed by atoms with Crippen LogP contribution in [-0.4, -0.2) is 36.4 Å². The van der Waals surface area contributed by atoms with Crippen LogP contribution in [0, 0.1) is 0 Å². The zero-order valence-corrected chi connectivity index (χ0v) is 17.1. The number of rotatable bonds is 8. The first-order valence-electron chi connectivity index (χ1n) is 9.50. The van der Waals surface area contributed by atoms with Gasteiger partial charge in [0.15, 0.2) is 5.96 Å². The first kappa shape index (κ1) is 20.3. The molecule has 7 nitrogen and oxygen atoms in total. The molecular weight excluding hydrogens is 366 g/mol. The fourth-order valence-corrected chi connectivity index (χ4v) is 2.80. The highest BCUT2D eigenvalue weighted by Crippen LogP contribution is 2.24. The molecule has 7 heteroatoms. The highest BCUT2D eigenvalue weighted by atomic mass is 16.5. The second kappa shape index (κ2) is 10.2. The van der Waals surface area contributed by atoms with Crippen molar-refractivity contribution in [3.8, 4) is 17.2 Å². The number of guanidine groups is 1. The zero-order valence-electron chi connectivity index (χ0n) is 17.1. The Hall–Kier alpha value is -3.48. The Morgan fingerprint density at radius 3 is 2.21 bits per heavy atom. The van der Waals surface area contributed by atoms with Crippen molar-refractivity contribution in [1.82, 2.24) is 20.4 Å². The first-order chi connectivity index (χ1) is 14.2. The second-order valence-electron chi connectivity index (χ2n) is 6.47. The van der Waals surface area contributed by atoms with Crippen molar-refractivity contribution in [2.24, 2.45) is 12.0 Å². The molecule has 29 heavy (non-hydrogen) atoms. The fraction of sp³-hybridized carbons (Fsp3) is 0.273. The average molecular weight is 393 g/mol. The molecule has 2 N–H and O–H groups in total. The molecule has 1 heterocycles. The van der Waals surface area contributed by atoms with Gasteiger partial charge in [-0.05, 0) is 54.4 Å². The van der Waals surface area contributed by atoms with Crippen LogP contribution in [0.25, 0.3) is 0 Å². The lowest BCUT2D eigenvalue weighted by atomic mass is 10.1. The van der Waals surface area contributed by atoms with E-state index >= 15 is 0 Å². The molecule has 1 aromatic heterocycles. The van der Waals surface area contributed by atoms with Gasteiger partial charge in [0.05, 0.1) is 19.3 Å². The van der Waals surface area contributed by atoms with Crippen molar-refractivity contribution < 1.29 is 9.47 Å². The number of benzene rings is 2. The molecule has 3 rings (SSSR count). The van der Waals surface area contributed by atoms with Gasteiger partial charge in [-0.15, -0.1) is 0 Å². The van der Waals surface area contributed by atoms with Gasteiger partial charge in [-0.3, -0.25) is 9.67 Å². The average Bonchev–Trinajstić information content (AvgIpc) is 3.17. The number of nitrogens with zero attached hydrogens (tertiary/aromatic N) is 3. The van der Waals surface area contributed by atoms with E-state index in [9.17, 15) is 0 Å². The predicted molar refractivity (Wildman–Crippen MR) is 115 cm³/mol. The molecule has 0 aliphatic rings. The van der Waals surface area contributed by atoms with Crippen molar-refractivity contribution in [2.45, 2.75) is 13.0 Å². The maximum Gasteiger partial charge on any atom is 0.191 e. The summed E-state index contributed by atoms with van der Waals surface area (Å²) >= 11 is 0. The maximum atomic E-state index is 5.86. The Morgan fingerprint density at radius 2 is 1.62 bits per heavy atom. The van der Waals surface area contributed by atoms with Crippen LogP contribution in [0.2, 0.25) is 0 Å². The lowest BCUT2D eigenvalue weighted by Gasteiger charge is -2.12. The number of aliphatic imine (C=N–C) groups is 1. The number of hydrogen-bond donors (Lipinski definition) is 2. The Morgan fingerprint density at radius 1 is 0.966 bits per heavy atom. The molecule has 3 aromatic rings. The molecule has 2 aromatic carbocycles. The van der Waals surface area contributed by atoms with Crippen molar-refractivity contribution in [3.05, 3.63) is 72.1 Å². The van der Waals surface area contributed by atoms with Crippen molar-refractivity contribution >= 4 is 5.96 Å². The van der Waals surface area contributed by atoms with Crippen LogP contribution < -0.4 is 20.1 Å². The molecular formula is C22H27N5O2. The molecule has 0 aliphatic carbocycles. The lowest BCUT2D eigenvalue weighted by Crippen LogP contribution is -2.38. The molecule has 0 spiro atoms. The van der Waals surface area contributed by atoms with Crippen LogP contribution in [0.4, 0.5) is 0 Å². The molecule has 0 fully saturated rings. The molecule has 152 valence electrons. The Bertz CT molecular complexity index is 917. The quantitative estimate of drug-likeness (QED) is 0.454. The Labute approximate surface area is 171 Å². The SMILES string of the molecule is CN=C(NCCc1ccc(Oc2ccc(OC)cc2)cc1)NCc1ccnn1C. The van der Waals surface area contributed by atoms with Gasteiger partial charge in [0.1, 0.15) is 17.2 Å². The van der Waals surface area contributed by atoms with Gasteiger partial charge in [-0.2, -0.15) is 5.10 Å². The smallest absolute Gasteiger partial charge is 0.191 e. The van der Waals surface area contributed by atoms with E-state index < -0.39 is 0 Å². The van der Waals surface area contributed by atoms with Gasteiger partial charge in [0.2, 0.25) is 0 Å². The number of aryl methyl sites for hydroxylation is 1. The summed E-state index contributed by atoms with van der Waals surface area (Å²) in [6, 6.07) is 17.6. The Balaban J connectivity index is 1.43. The summed E-state index contributed by atoms with van der Waals surface area (Å²) in [6.45, 7) is 1.46. The number of nitrogens with one attached hydrogen (secondary N) is 2. The number of aromatic nitrogens is 2. The summed E-state index contributed by atoms with van der Waals surface area (Å²) in [5, 5.41) is 10.8. The van der Waals surface area contributed by atoms with Crippen LogP contribution in [0.5, 0.6) is 17.2 Å². The van der Waals surface area contributed by atoms with E-state index in [0.29, 0.717) is 6.54 Å². The van der Waals surface area contributed by atoms with Gasteiger partial charge >= 0.3 is 0 Å². The summed E-state index contributed by atoms with van der Waals surface area (Å²) in [5.41, 5.74) is 2.32. The van der Waals surface area contributed by atoms with Gasteiger partial charge in [0, 0.05) is 26.8 Å². The van der Waals surface area contributed by atoms with Gasteiger partial charge in [-0.25, -0.2) is 0 Å². The van der Waals surface area contributed by atoms with E-state index in [1.165, 1.54) is 5.56 Å². The summed E-state index contributed by atoms with van der Waals surface area (Å²) in [7, 11) is 5.34. The molecule has 0 atom stereocenters. The number of methoxy groups -OCH3 is 1. The molecule has 0 saturated heterocycles. The highest BCUT2D eigenvalue weighted by Gasteiger charge is 2.02. The fourth-order valence-electron chi connectivity index (χ4n) is 2.80. The normalized spacial score (nSPS) is 11.2. The second-order valence-corrected chi connectivity index (χ2v) is 6.47. The number of ether oxygens (including phenoxy) is 2. The first-order valence-corrected chi connectivity index (χ1v) is 9.50. The van der Waals surface area contributed by atoms with Crippen LogP contribution >= 0.6 is 0 Å². The van der Waals surface area contributed by atoms with E-state index in [4.69, 9.17) is 9.47 Å². The minimum Gasteiger partial charge on any atom is -0.497 e. The van der Waals surface area contributed by atoms with E-state index in [1.54, 1.807) is 20.4 Å². The molecule has 0 unspecified atom stereocenters. The minimum atomic E-state index is 0.674. The third-order valence-electron chi connectivity index (χ3n) is 4.51. The van der Waals surface area contributed by atoms with Crippen LogP contribution in [0.15, 0.2) is 65.8 Å². The topological polar surface area (TPSA) is 72.7 Å². The van der Waals surface area contributed by atoms with Crippen LogP contribution in [0.1, 0.15) is 11.3 Å². The summed E-state index contributed by atoms with van der Waals surface area (Å²) < 4.78 is 12.9. The molecule has 0 aliphatic heterocycles. The van der Waals surface area contributed by atoms with E-state index in [1.807, 2.05) is 54.2 Å². The lowest BCUT2D eigenvalue weighted by molar-refractivity contribution is 0.413. The van der Waals surface area contributed by atoms with E-state index in [2.05, 4.69) is 32.9 Å². The van der Waals surface area contributed by atoms with Gasteiger partial charge < -0.3 is 20.1 Å². The summed E-state index contributed by atoms with van der Waals surface area (Å²) in [6.07, 6.45) is 2.67.